The SMILES string of the molecule is Cc1ccc(Br)cc1-c1cc(I)ccc1C. The molecule has 2 aromatic rings. The molecule has 0 N–H and O–H groups in total. The van der Waals surface area contributed by atoms with Crippen molar-refractivity contribution in [3.8, 4) is 11.1 Å². The second-order valence-corrected chi connectivity index (χ2v) is 6.08. The molecule has 0 nitrogen and oxygen atoms in total. The third-order valence-electron chi connectivity index (χ3n) is 2.69. The van der Waals surface area contributed by atoms with Crippen LogP contribution in [0.4, 0.5) is 0 Å². The molecule has 0 unspecified atom stereocenters. The fourth-order valence-electron chi connectivity index (χ4n) is 1.77. The zero-order valence-corrected chi connectivity index (χ0v) is 13.0. The van der Waals surface area contributed by atoms with Crippen LogP contribution in [0.2, 0.25) is 0 Å². The Kier molecular flexibility index (Phi) is 3.70. The summed E-state index contributed by atoms with van der Waals surface area (Å²) in [5.74, 6) is 0. The molecule has 0 atom stereocenters. The second kappa shape index (κ2) is 4.88. The zero-order chi connectivity index (χ0) is 11.7. The van der Waals surface area contributed by atoms with Crippen LogP contribution >= 0.6 is 38.5 Å². The molecule has 0 saturated heterocycles. The first kappa shape index (κ1) is 12.1. The number of aryl methyl sites for hydroxylation is 2. The Balaban J connectivity index is 2.66. The second-order valence-electron chi connectivity index (χ2n) is 3.92. The average Bonchev–Trinajstić information content (AvgIpc) is 2.25. The fourth-order valence-corrected chi connectivity index (χ4v) is 2.62. The number of halogens is 2. The third-order valence-corrected chi connectivity index (χ3v) is 3.85. The molecule has 2 heteroatoms. The lowest BCUT2D eigenvalue weighted by atomic mass is 9.97. The van der Waals surface area contributed by atoms with Crippen LogP contribution in [0.1, 0.15) is 11.1 Å². The molecular formula is C14H12BrI. The Labute approximate surface area is 118 Å². The molecule has 0 aromatic heterocycles. The lowest BCUT2D eigenvalue weighted by Crippen LogP contribution is -1.88. The van der Waals surface area contributed by atoms with Crippen molar-refractivity contribution in [3.05, 3.63) is 55.6 Å². The lowest BCUT2D eigenvalue weighted by Gasteiger charge is -2.10. The van der Waals surface area contributed by atoms with E-state index in [1.54, 1.807) is 0 Å². The van der Waals surface area contributed by atoms with Gasteiger partial charge in [0.2, 0.25) is 0 Å². The molecule has 2 aromatic carbocycles. The van der Waals surface area contributed by atoms with Crippen LogP contribution in [-0.2, 0) is 0 Å². The van der Waals surface area contributed by atoms with E-state index in [0.717, 1.165) is 4.47 Å². The Morgan fingerprint density at radius 2 is 1.44 bits per heavy atom. The van der Waals surface area contributed by atoms with Crippen LogP contribution in [-0.4, -0.2) is 0 Å². The molecular weight excluding hydrogens is 375 g/mol. The molecule has 0 aliphatic heterocycles. The standard InChI is InChI=1S/C14H12BrI/c1-9-3-5-11(15)7-13(9)14-8-12(16)6-4-10(14)2/h3-8H,1-2H3. The normalized spacial score (nSPS) is 10.5. The average molecular weight is 387 g/mol. The van der Waals surface area contributed by atoms with Crippen molar-refractivity contribution in [2.45, 2.75) is 13.8 Å². The van der Waals surface area contributed by atoms with E-state index < -0.39 is 0 Å². The van der Waals surface area contributed by atoms with E-state index in [1.807, 2.05) is 0 Å². The summed E-state index contributed by atoms with van der Waals surface area (Å²) in [5, 5.41) is 0. The lowest BCUT2D eigenvalue weighted by molar-refractivity contribution is 1.39. The van der Waals surface area contributed by atoms with Gasteiger partial charge in [-0.2, -0.15) is 0 Å². The number of hydrogen-bond donors (Lipinski definition) is 0. The number of benzene rings is 2. The molecule has 0 aliphatic rings. The van der Waals surface area contributed by atoms with Crippen molar-refractivity contribution in [3.63, 3.8) is 0 Å². The number of hydrogen-bond acceptors (Lipinski definition) is 0. The van der Waals surface area contributed by atoms with Gasteiger partial charge >= 0.3 is 0 Å². The molecule has 0 radical (unpaired) electrons. The van der Waals surface area contributed by atoms with Crippen LogP contribution < -0.4 is 0 Å². The maximum atomic E-state index is 3.53. The summed E-state index contributed by atoms with van der Waals surface area (Å²) in [7, 11) is 0. The van der Waals surface area contributed by atoms with E-state index in [-0.39, 0.29) is 0 Å². The smallest absolute Gasteiger partial charge is 0.0181 e. The maximum Gasteiger partial charge on any atom is 0.0181 e. The minimum Gasteiger partial charge on any atom is -0.0577 e. The first-order chi connectivity index (χ1) is 7.58. The first-order valence-electron chi connectivity index (χ1n) is 5.10. The highest BCUT2D eigenvalue weighted by Crippen LogP contribution is 2.30. The zero-order valence-electron chi connectivity index (χ0n) is 9.22. The predicted octanol–water partition coefficient (Wildman–Crippen LogP) is 5.34. The van der Waals surface area contributed by atoms with Crippen molar-refractivity contribution in [2.24, 2.45) is 0 Å². The highest BCUT2D eigenvalue weighted by Gasteiger charge is 2.06. The van der Waals surface area contributed by atoms with Gasteiger partial charge in [-0.3, -0.25) is 0 Å². The van der Waals surface area contributed by atoms with Crippen LogP contribution in [0.3, 0.4) is 0 Å². The molecule has 0 fully saturated rings. The van der Waals surface area contributed by atoms with E-state index in [1.165, 1.54) is 25.8 Å². The fraction of sp³-hybridized carbons (Fsp3) is 0.143. The van der Waals surface area contributed by atoms with Gasteiger partial charge in [0.1, 0.15) is 0 Å². The van der Waals surface area contributed by atoms with E-state index in [9.17, 15) is 0 Å². The summed E-state index contributed by atoms with van der Waals surface area (Å²) in [6, 6.07) is 13.0. The topological polar surface area (TPSA) is 0 Å². The largest absolute Gasteiger partial charge is 0.0577 e. The molecule has 0 bridgehead atoms. The third kappa shape index (κ3) is 2.48. The number of rotatable bonds is 1. The van der Waals surface area contributed by atoms with Gasteiger partial charge in [-0.1, -0.05) is 28.1 Å². The maximum absolute atomic E-state index is 3.53. The van der Waals surface area contributed by atoms with Crippen molar-refractivity contribution >= 4 is 38.5 Å². The van der Waals surface area contributed by atoms with E-state index >= 15 is 0 Å². The summed E-state index contributed by atoms with van der Waals surface area (Å²) in [5.41, 5.74) is 5.27. The first-order valence-corrected chi connectivity index (χ1v) is 6.98. The van der Waals surface area contributed by atoms with Crippen molar-refractivity contribution in [1.29, 1.82) is 0 Å². The summed E-state index contributed by atoms with van der Waals surface area (Å²) in [6.45, 7) is 4.31. The van der Waals surface area contributed by atoms with Gasteiger partial charge in [0, 0.05) is 8.04 Å². The molecule has 0 aliphatic carbocycles. The van der Waals surface area contributed by atoms with Gasteiger partial charge in [-0.25, -0.2) is 0 Å². The molecule has 16 heavy (non-hydrogen) atoms. The van der Waals surface area contributed by atoms with E-state index in [2.05, 4.69) is 88.8 Å². The minimum absolute atomic E-state index is 1.13. The summed E-state index contributed by atoms with van der Waals surface area (Å²) < 4.78 is 2.41. The van der Waals surface area contributed by atoms with Crippen LogP contribution in [0, 0.1) is 17.4 Å². The van der Waals surface area contributed by atoms with Crippen LogP contribution in [0.15, 0.2) is 40.9 Å². The highest BCUT2D eigenvalue weighted by molar-refractivity contribution is 14.1. The van der Waals surface area contributed by atoms with Crippen LogP contribution in [0.25, 0.3) is 11.1 Å². The molecule has 0 amide bonds. The van der Waals surface area contributed by atoms with E-state index in [0.29, 0.717) is 0 Å². The quantitative estimate of drug-likeness (QED) is 0.580. The molecule has 82 valence electrons. The highest BCUT2D eigenvalue weighted by atomic mass is 127. The summed E-state index contributed by atoms with van der Waals surface area (Å²) in [4.78, 5) is 0. The van der Waals surface area contributed by atoms with Crippen molar-refractivity contribution < 1.29 is 0 Å². The van der Waals surface area contributed by atoms with Gasteiger partial charge in [0.05, 0.1) is 0 Å². The van der Waals surface area contributed by atoms with E-state index in [4.69, 9.17) is 0 Å². The van der Waals surface area contributed by atoms with Gasteiger partial charge in [0.15, 0.2) is 0 Å². The molecule has 0 spiro atoms. The Hall–Kier alpha value is -0.350. The monoisotopic (exact) mass is 386 g/mol. The van der Waals surface area contributed by atoms with Crippen LogP contribution in [0.5, 0.6) is 0 Å². The van der Waals surface area contributed by atoms with Crippen molar-refractivity contribution in [2.75, 3.05) is 0 Å². The van der Waals surface area contributed by atoms with Gasteiger partial charge in [-0.15, -0.1) is 0 Å². The molecule has 0 heterocycles. The molecule has 0 saturated carbocycles. The van der Waals surface area contributed by atoms with Gasteiger partial charge in [0.25, 0.3) is 0 Å². The Bertz CT molecular complexity index is 483. The van der Waals surface area contributed by atoms with Gasteiger partial charge < -0.3 is 0 Å². The Morgan fingerprint density at radius 3 is 2.12 bits per heavy atom. The molecule has 2 rings (SSSR count). The minimum atomic E-state index is 1.13. The van der Waals surface area contributed by atoms with Crippen molar-refractivity contribution in [1.82, 2.24) is 0 Å². The Morgan fingerprint density at radius 1 is 0.875 bits per heavy atom. The van der Waals surface area contributed by atoms with Gasteiger partial charge in [-0.05, 0) is 83.0 Å². The summed E-state index contributed by atoms with van der Waals surface area (Å²) >= 11 is 5.89. The predicted molar refractivity (Wildman–Crippen MR) is 81.8 cm³/mol. The summed E-state index contributed by atoms with van der Waals surface area (Å²) in [6.07, 6.45) is 0.